The van der Waals surface area contributed by atoms with Gasteiger partial charge in [0.15, 0.2) is 0 Å². The molecule has 0 aliphatic rings. The van der Waals surface area contributed by atoms with Crippen molar-refractivity contribution in [1.29, 1.82) is 0 Å². The molecule has 24 heavy (non-hydrogen) atoms. The molecule has 3 aromatic rings. The summed E-state index contributed by atoms with van der Waals surface area (Å²) < 4.78 is 0. The Balaban J connectivity index is 1.90. The minimum absolute atomic E-state index is 0.0338. The second-order valence-electron chi connectivity index (χ2n) is 5.16. The molecule has 0 aliphatic carbocycles. The molecule has 0 unspecified atom stereocenters. The maximum Gasteiger partial charge on any atom is 0.269 e. The highest BCUT2D eigenvalue weighted by Crippen LogP contribution is 2.28. The van der Waals surface area contributed by atoms with Gasteiger partial charge in [0.2, 0.25) is 0 Å². The van der Waals surface area contributed by atoms with E-state index in [4.69, 9.17) is 0 Å². The number of benzene rings is 3. The van der Waals surface area contributed by atoms with Crippen LogP contribution in [0, 0.1) is 10.1 Å². The van der Waals surface area contributed by atoms with Gasteiger partial charge in [-0.15, -0.1) is 0 Å². The molecule has 7 heteroatoms. The number of aromatic hydroxyl groups is 2. The summed E-state index contributed by atoms with van der Waals surface area (Å²) in [6.45, 7) is 0. The van der Waals surface area contributed by atoms with Gasteiger partial charge in [-0.2, -0.15) is 0 Å². The average molecular weight is 324 g/mol. The fourth-order valence-corrected chi connectivity index (χ4v) is 2.32. The Kier molecular flexibility index (Phi) is 3.75. The van der Waals surface area contributed by atoms with Gasteiger partial charge in [0, 0.05) is 17.8 Å². The number of nitrogens with zero attached hydrogens (tertiary/aromatic N) is 1. The molecule has 1 amide bonds. The Morgan fingerprint density at radius 1 is 0.958 bits per heavy atom. The zero-order valence-corrected chi connectivity index (χ0v) is 12.3. The molecule has 0 aromatic heterocycles. The molecule has 0 saturated carbocycles. The minimum atomic E-state index is -0.563. The number of nitrogens with one attached hydrogen (secondary N) is 1. The lowest BCUT2D eigenvalue weighted by Gasteiger charge is -2.09. The van der Waals surface area contributed by atoms with E-state index in [0.717, 1.165) is 0 Å². The van der Waals surface area contributed by atoms with Crippen LogP contribution in [0.3, 0.4) is 0 Å². The second kappa shape index (κ2) is 5.88. The third kappa shape index (κ3) is 2.95. The summed E-state index contributed by atoms with van der Waals surface area (Å²) in [5.74, 6) is -0.714. The minimum Gasteiger partial charge on any atom is -0.508 e. The number of fused-ring (bicyclic) bond motifs is 1. The SMILES string of the molecule is O=C(Nc1ccc([N+](=O)[O-])cc1)c1cc2cc(O)ccc2cc1O. The van der Waals surface area contributed by atoms with E-state index in [9.17, 15) is 25.1 Å². The van der Waals surface area contributed by atoms with Gasteiger partial charge in [-0.3, -0.25) is 14.9 Å². The van der Waals surface area contributed by atoms with Crippen LogP contribution in [0.2, 0.25) is 0 Å². The molecule has 0 aliphatic heterocycles. The lowest BCUT2D eigenvalue weighted by molar-refractivity contribution is -0.384. The molecule has 0 bridgehead atoms. The van der Waals surface area contributed by atoms with Crippen LogP contribution < -0.4 is 5.32 Å². The van der Waals surface area contributed by atoms with E-state index in [1.54, 1.807) is 6.07 Å². The predicted molar refractivity (Wildman–Crippen MR) is 88.3 cm³/mol. The quantitative estimate of drug-likeness (QED) is 0.505. The smallest absolute Gasteiger partial charge is 0.269 e. The van der Waals surface area contributed by atoms with Crippen molar-refractivity contribution >= 4 is 28.1 Å². The Hall–Kier alpha value is -3.61. The van der Waals surface area contributed by atoms with Crippen LogP contribution >= 0.6 is 0 Å². The Bertz CT molecular complexity index is 951. The molecule has 120 valence electrons. The number of carbonyl (C=O) groups is 1. The van der Waals surface area contributed by atoms with Gasteiger partial charge in [0.05, 0.1) is 10.5 Å². The van der Waals surface area contributed by atoms with Crippen molar-refractivity contribution in [1.82, 2.24) is 0 Å². The summed E-state index contributed by atoms with van der Waals surface area (Å²) in [7, 11) is 0. The van der Waals surface area contributed by atoms with Crippen molar-refractivity contribution in [2.75, 3.05) is 5.32 Å². The normalized spacial score (nSPS) is 10.5. The fraction of sp³-hybridized carbons (Fsp3) is 0. The number of rotatable bonds is 3. The number of hydrogen-bond acceptors (Lipinski definition) is 5. The van der Waals surface area contributed by atoms with Crippen molar-refractivity contribution < 1.29 is 19.9 Å². The first-order valence-electron chi connectivity index (χ1n) is 6.95. The number of phenolic OH excluding ortho intramolecular Hbond substituents is 2. The van der Waals surface area contributed by atoms with Crippen LogP contribution in [0.1, 0.15) is 10.4 Å². The Labute approximate surface area is 135 Å². The van der Waals surface area contributed by atoms with E-state index < -0.39 is 10.8 Å². The highest BCUT2D eigenvalue weighted by Gasteiger charge is 2.14. The van der Waals surface area contributed by atoms with E-state index in [-0.39, 0.29) is 22.7 Å². The molecule has 0 saturated heterocycles. The summed E-state index contributed by atoms with van der Waals surface area (Å²) >= 11 is 0. The molecule has 3 rings (SSSR count). The van der Waals surface area contributed by atoms with Gasteiger partial charge in [-0.05, 0) is 47.2 Å². The molecular formula is C17H12N2O5. The molecular weight excluding hydrogens is 312 g/mol. The number of nitro groups is 1. The molecule has 0 spiro atoms. The van der Waals surface area contributed by atoms with Gasteiger partial charge >= 0.3 is 0 Å². The first-order valence-corrected chi connectivity index (χ1v) is 6.95. The lowest BCUT2D eigenvalue weighted by atomic mass is 10.0. The zero-order chi connectivity index (χ0) is 17.3. The van der Waals surface area contributed by atoms with Crippen molar-refractivity contribution in [2.24, 2.45) is 0 Å². The molecule has 3 N–H and O–H groups in total. The summed E-state index contributed by atoms with van der Waals surface area (Å²) in [6.07, 6.45) is 0. The Morgan fingerprint density at radius 3 is 2.33 bits per heavy atom. The van der Waals surface area contributed by atoms with Crippen LogP contribution in [0.25, 0.3) is 10.8 Å². The Morgan fingerprint density at radius 2 is 1.67 bits per heavy atom. The van der Waals surface area contributed by atoms with Crippen LogP contribution in [-0.2, 0) is 0 Å². The van der Waals surface area contributed by atoms with Crippen molar-refractivity contribution in [3.63, 3.8) is 0 Å². The van der Waals surface area contributed by atoms with Crippen LogP contribution in [0.15, 0.2) is 54.6 Å². The second-order valence-corrected chi connectivity index (χ2v) is 5.16. The summed E-state index contributed by atoms with van der Waals surface area (Å²) in [6, 6.07) is 12.8. The number of non-ortho nitro benzene ring substituents is 1. The number of amides is 1. The first kappa shape index (κ1) is 15.3. The van der Waals surface area contributed by atoms with Crippen LogP contribution in [0.5, 0.6) is 11.5 Å². The number of anilines is 1. The van der Waals surface area contributed by atoms with Gasteiger partial charge in [0.25, 0.3) is 11.6 Å². The molecule has 0 radical (unpaired) electrons. The van der Waals surface area contributed by atoms with E-state index in [1.807, 2.05) is 0 Å². The van der Waals surface area contributed by atoms with Gasteiger partial charge in [-0.25, -0.2) is 0 Å². The van der Waals surface area contributed by atoms with Crippen molar-refractivity contribution in [3.05, 3.63) is 70.3 Å². The maximum atomic E-state index is 12.3. The fourth-order valence-electron chi connectivity index (χ4n) is 2.32. The standard InChI is InChI=1S/C17H12N2O5/c20-14-6-1-10-9-16(21)15(8-11(10)7-14)17(22)18-12-2-4-13(5-3-12)19(23)24/h1-9,20-21H,(H,18,22). The predicted octanol–water partition coefficient (Wildman–Crippen LogP) is 3.41. The van der Waals surface area contributed by atoms with Gasteiger partial charge < -0.3 is 15.5 Å². The van der Waals surface area contributed by atoms with Crippen molar-refractivity contribution in [2.45, 2.75) is 0 Å². The number of carbonyl (C=O) groups excluding carboxylic acids is 1. The lowest BCUT2D eigenvalue weighted by Crippen LogP contribution is -2.12. The number of hydrogen-bond donors (Lipinski definition) is 3. The summed E-state index contributed by atoms with van der Waals surface area (Å²) in [5.41, 5.74) is 0.310. The highest BCUT2D eigenvalue weighted by atomic mass is 16.6. The first-order chi connectivity index (χ1) is 11.4. The summed E-state index contributed by atoms with van der Waals surface area (Å²) in [5, 5.41) is 34.0. The highest BCUT2D eigenvalue weighted by molar-refractivity contribution is 6.08. The largest absolute Gasteiger partial charge is 0.508 e. The van der Waals surface area contributed by atoms with E-state index >= 15 is 0 Å². The van der Waals surface area contributed by atoms with Gasteiger partial charge in [-0.1, -0.05) is 6.07 Å². The molecule has 3 aromatic carbocycles. The molecule has 0 fully saturated rings. The number of phenols is 2. The topological polar surface area (TPSA) is 113 Å². The third-order valence-corrected chi connectivity index (χ3v) is 3.52. The monoisotopic (exact) mass is 324 g/mol. The molecule has 0 atom stereocenters. The zero-order valence-electron chi connectivity index (χ0n) is 12.3. The molecule has 7 nitrogen and oxygen atoms in total. The van der Waals surface area contributed by atoms with Crippen molar-refractivity contribution in [3.8, 4) is 11.5 Å². The maximum absolute atomic E-state index is 12.3. The van der Waals surface area contributed by atoms with E-state index in [0.29, 0.717) is 16.5 Å². The third-order valence-electron chi connectivity index (χ3n) is 3.52. The molecule has 0 heterocycles. The van der Waals surface area contributed by atoms with Crippen LogP contribution in [-0.4, -0.2) is 21.0 Å². The summed E-state index contributed by atoms with van der Waals surface area (Å²) in [4.78, 5) is 22.4. The van der Waals surface area contributed by atoms with E-state index in [2.05, 4.69) is 5.32 Å². The van der Waals surface area contributed by atoms with Gasteiger partial charge in [0.1, 0.15) is 11.5 Å². The van der Waals surface area contributed by atoms with E-state index in [1.165, 1.54) is 48.5 Å². The average Bonchev–Trinajstić information content (AvgIpc) is 2.55. The number of nitro benzene ring substituents is 1. The van der Waals surface area contributed by atoms with Crippen LogP contribution in [0.4, 0.5) is 11.4 Å².